The van der Waals surface area contributed by atoms with Gasteiger partial charge in [-0.15, -0.1) is 5.73 Å². The van der Waals surface area contributed by atoms with Gasteiger partial charge in [0.1, 0.15) is 0 Å². The molecule has 10 heavy (non-hydrogen) atoms. The van der Waals surface area contributed by atoms with Gasteiger partial charge in [0.15, 0.2) is 0 Å². The summed E-state index contributed by atoms with van der Waals surface area (Å²) in [5.41, 5.74) is 7.31. The lowest BCUT2D eigenvalue weighted by Gasteiger charge is -1.83. The van der Waals surface area contributed by atoms with Gasteiger partial charge >= 0.3 is 0 Å². The molecule has 4 nitrogen and oxygen atoms in total. The minimum absolute atomic E-state index is 0.155. The quantitative estimate of drug-likeness (QED) is 0.267. The van der Waals surface area contributed by atoms with Gasteiger partial charge < -0.3 is 5.73 Å². The summed E-state index contributed by atoms with van der Waals surface area (Å²) >= 11 is 0. The van der Waals surface area contributed by atoms with Crippen LogP contribution in [0.25, 0.3) is 0 Å². The Morgan fingerprint density at radius 2 is 2.40 bits per heavy atom. The molecule has 0 fully saturated rings. The van der Waals surface area contributed by atoms with Gasteiger partial charge in [0.2, 0.25) is 0 Å². The Bertz CT molecular complexity index is 212. The molecule has 0 aliphatic carbocycles. The molecule has 0 spiro atoms. The molecule has 0 radical (unpaired) electrons. The second kappa shape index (κ2) is 4.35. The Hall–Kier alpha value is -1.54. The highest BCUT2D eigenvalue weighted by atomic mass is 16.6. The van der Waals surface area contributed by atoms with E-state index in [0.717, 1.165) is 6.20 Å². The summed E-state index contributed by atoms with van der Waals surface area (Å²) in [5.74, 6) is 0. The molecule has 0 unspecified atom stereocenters. The Kier molecular flexibility index (Phi) is 3.68. The van der Waals surface area contributed by atoms with E-state index < -0.39 is 4.92 Å². The van der Waals surface area contributed by atoms with Crippen molar-refractivity contribution < 1.29 is 4.92 Å². The molecule has 0 heterocycles. The van der Waals surface area contributed by atoms with Gasteiger partial charge in [0, 0.05) is 0 Å². The molecule has 0 aromatic carbocycles. The second-order valence-electron chi connectivity index (χ2n) is 1.45. The van der Waals surface area contributed by atoms with E-state index in [-0.39, 0.29) is 5.70 Å². The third-order valence-corrected chi connectivity index (χ3v) is 0.779. The minimum atomic E-state index is -0.573. The van der Waals surface area contributed by atoms with E-state index in [4.69, 9.17) is 5.73 Å². The van der Waals surface area contributed by atoms with Crippen molar-refractivity contribution >= 4 is 0 Å². The molecule has 0 saturated heterocycles. The lowest BCUT2D eigenvalue weighted by Crippen LogP contribution is -1.97. The first-order chi connectivity index (χ1) is 4.72. The van der Waals surface area contributed by atoms with Crippen LogP contribution in [0.2, 0.25) is 0 Å². The maximum absolute atomic E-state index is 10.0. The van der Waals surface area contributed by atoms with Gasteiger partial charge in [-0.25, -0.2) is 0 Å². The fourth-order valence-corrected chi connectivity index (χ4v) is 0.330. The zero-order valence-electron chi connectivity index (χ0n) is 5.57. The van der Waals surface area contributed by atoms with Crippen molar-refractivity contribution in [1.82, 2.24) is 0 Å². The molecule has 0 rings (SSSR count). The third kappa shape index (κ3) is 2.69. The molecule has 0 amide bonds. The molecular formula is C6H8N2O2. The SMILES string of the molecule is CC=C=C/C(=C\N)[N+](=O)[O-]. The van der Waals surface area contributed by atoms with Crippen LogP contribution in [0, 0.1) is 10.1 Å². The van der Waals surface area contributed by atoms with Gasteiger partial charge in [-0.1, -0.05) is 0 Å². The summed E-state index contributed by atoms with van der Waals surface area (Å²) in [6.07, 6.45) is 3.70. The predicted octanol–water partition coefficient (Wildman–Crippen LogP) is 0.794. The first-order valence-corrected chi connectivity index (χ1v) is 2.65. The average Bonchev–Trinajstić information content (AvgIpc) is 1.89. The number of nitrogens with zero attached hydrogens (tertiary/aromatic N) is 1. The smallest absolute Gasteiger partial charge is 0.292 e. The maximum atomic E-state index is 10.0. The Morgan fingerprint density at radius 1 is 1.80 bits per heavy atom. The summed E-state index contributed by atoms with van der Waals surface area (Å²) in [6, 6.07) is 0. The van der Waals surface area contributed by atoms with Crippen LogP contribution in [0.4, 0.5) is 0 Å². The van der Waals surface area contributed by atoms with Crippen molar-refractivity contribution in [3.8, 4) is 0 Å². The van der Waals surface area contributed by atoms with E-state index in [1.807, 2.05) is 0 Å². The molecule has 0 aromatic rings. The van der Waals surface area contributed by atoms with Crippen molar-refractivity contribution in [2.75, 3.05) is 0 Å². The van der Waals surface area contributed by atoms with Crippen LogP contribution in [0.15, 0.2) is 29.8 Å². The second-order valence-corrected chi connectivity index (χ2v) is 1.45. The number of nitrogens with two attached hydrogens (primary N) is 1. The van der Waals surface area contributed by atoms with E-state index in [1.54, 1.807) is 13.0 Å². The zero-order chi connectivity index (χ0) is 7.98. The van der Waals surface area contributed by atoms with Gasteiger partial charge in [0.25, 0.3) is 5.70 Å². The van der Waals surface area contributed by atoms with Crippen LogP contribution in [-0.2, 0) is 0 Å². The van der Waals surface area contributed by atoms with Crippen LogP contribution in [0.3, 0.4) is 0 Å². The minimum Gasteiger partial charge on any atom is -0.399 e. The summed E-state index contributed by atoms with van der Waals surface area (Å²) in [5, 5.41) is 10.0. The molecule has 0 bridgehead atoms. The van der Waals surface area contributed by atoms with Crippen LogP contribution < -0.4 is 5.73 Å². The molecule has 0 aromatic heterocycles. The van der Waals surface area contributed by atoms with E-state index >= 15 is 0 Å². The molecular weight excluding hydrogens is 132 g/mol. The first-order valence-electron chi connectivity index (χ1n) is 2.65. The summed E-state index contributed by atoms with van der Waals surface area (Å²) in [4.78, 5) is 9.44. The van der Waals surface area contributed by atoms with Gasteiger partial charge in [-0.3, -0.25) is 10.1 Å². The highest BCUT2D eigenvalue weighted by Gasteiger charge is 2.01. The van der Waals surface area contributed by atoms with E-state index in [1.165, 1.54) is 6.08 Å². The van der Waals surface area contributed by atoms with E-state index in [2.05, 4.69) is 5.73 Å². The van der Waals surface area contributed by atoms with Crippen molar-refractivity contribution in [3.63, 3.8) is 0 Å². The van der Waals surface area contributed by atoms with Gasteiger partial charge in [-0.2, -0.15) is 0 Å². The number of nitro groups is 1. The summed E-state index contributed by atoms with van der Waals surface area (Å²) in [7, 11) is 0. The first kappa shape index (κ1) is 8.46. The monoisotopic (exact) mass is 140 g/mol. The normalized spacial score (nSPS) is 9.90. The lowest BCUT2D eigenvalue weighted by atomic mass is 10.4. The third-order valence-electron chi connectivity index (χ3n) is 0.779. The van der Waals surface area contributed by atoms with Crippen LogP contribution in [0.1, 0.15) is 6.92 Å². The van der Waals surface area contributed by atoms with Crippen LogP contribution in [-0.4, -0.2) is 4.92 Å². The fraction of sp³-hybridized carbons (Fsp3) is 0.167. The molecule has 0 aliphatic heterocycles. The summed E-state index contributed by atoms with van der Waals surface area (Å²) in [6.45, 7) is 1.71. The lowest BCUT2D eigenvalue weighted by molar-refractivity contribution is -0.419. The van der Waals surface area contributed by atoms with Crippen molar-refractivity contribution in [2.45, 2.75) is 6.92 Å². The molecule has 2 N–H and O–H groups in total. The molecule has 0 atom stereocenters. The molecule has 4 heteroatoms. The Morgan fingerprint density at radius 3 is 2.70 bits per heavy atom. The highest BCUT2D eigenvalue weighted by molar-refractivity contribution is 5.08. The number of hydrogen-bond acceptors (Lipinski definition) is 3. The maximum Gasteiger partial charge on any atom is 0.292 e. The number of rotatable bonds is 2. The predicted molar refractivity (Wildman–Crippen MR) is 37.6 cm³/mol. The van der Waals surface area contributed by atoms with Crippen molar-refractivity contribution in [1.29, 1.82) is 0 Å². The van der Waals surface area contributed by atoms with Gasteiger partial charge in [0.05, 0.1) is 17.2 Å². The summed E-state index contributed by atoms with van der Waals surface area (Å²) < 4.78 is 0. The van der Waals surface area contributed by atoms with Gasteiger partial charge in [-0.05, 0) is 13.0 Å². The zero-order valence-corrected chi connectivity index (χ0v) is 5.57. The molecule has 0 aliphatic rings. The largest absolute Gasteiger partial charge is 0.399 e. The Labute approximate surface area is 58.5 Å². The van der Waals surface area contributed by atoms with E-state index in [9.17, 15) is 10.1 Å². The number of allylic oxidation sites excluding steroid dienone is 1. The average molecular weight is 140 g/mol. The Balaban J connectivity index is 4.41. The van der Waals surface area contributed by atoms with Crippen LogP contribution >= 0.6 is 0 Å². The fourth-order valence-electron chi connectivity index (χ4n) is 0.330. The van der Waals surface area contributed by atoms with Crippen molar-refractivity contribution in [2.24, 2.45) is 5.73 Å². The molecule has 54 valence electrons. The number of hydrogen-bond donors (Lipinski definition) is 1. The van der Waals surface area contributed by atoms with Crippen LogP contribution in [0.5, 0.6) is 0 Å². The molecule has 0 saturated carbocycles. The topological polar surface area (TPSA) is 69.2 Å². The standard InChI is InChI=1S/C6H8N2O2/c1-2-3-4-6(5-7)8(9)10/h2,4-5H,7H2,1H3/b6-5+. The van der Waals surface area contributed by atoms with Crippen molar-refractivity contribution in [3.05, 3.63) is 39.9 Å². The highest BCUT2D eigenvalue weighted by Crippen LogP contribution is 1.92. The van der Waals surface area contributed by atoms with E-state index in [0.29, 0.717) is 0 Å².